The molecule has 13 rings (SSSR count). The molecule has 0 atom stereocenters. The highest BCUT2D eigenvalue weighted by Crippen LogP contribution is 2.50. The van der Waals surface area contributed by atoms with Gasteiger partial charge in [-0.3, -0.25) is 0 Å². The predicted octanol–water partition coefficient (Wildman–Crippen LogP) is 16.7. The molecule has 0 unspecified atom stereocenters. The fraction of sp³-hybridized carbons (Fsp3) is 0.194. The first-order valence-electron chi connectivity index (χ1n) is 23.9. The lowest BCUT2D eigenvalue weighted by atomic mass is 9.62. The average molecular weight is 900 g/mol. The summed E-state index contributed by atoms with van der Waals surface area (Å²) in [4.78, 5) is 0. The third kappa shape index (κ3) is 6.19. The Morgan fingerprint density at radius 2 is 1.21 bits per heavy atom. The highest BCUT2D eigenvalue weighted by Gasteiger charge is 2.34. The number of nitrogens with one attached hydrogen (secondary N) is 1. The maximum Gasteiger partial charge on any atom is 0.211 e. The maximum absolute atomic E-state index is 7.26. The summed E-state index contributed by atoms with van der Waals surface area (Å²) in [6.45, 7) is 20.5. The molecular weight excluding hydrogens is 848 g/mol. The molecule has 12 aromatic rings. The van der Waals surface area contributed by atoms with E-state index in [0.717, 1.165) is 77.3 Å². The zero-order chi connectivity index (χ0) is 46.6. The second-order valence-electron chi connectivity index (χ2n) is 22.1. The molecule has 1 N–H and O–H groups in total. The zero-order valence-electron chi connectivity index (χ0n) is 40.1. The summed E-state index contributed by atoms with van der Waals surface area (Å²) in [5.41, 5.74) is 18.7. The standard InChI is InChI=1S/C62H52BN2O2S/c1-60(2,3)36-20-24-39(25-21-36)64-46-33-50-42(40-26-22-38(62(7,8)9)31-49(40)66-50)32-43(46)52-53-41-17-13-14-18-48(41)67-58(53)54-44-30-37(61(4,5)6)23-27-47(44)65-56-45-29-35(34-15-11-10-12-16-34)19-28-51(45)68-59(56)63-55(52)57(54)65/h10-33,64H,1-9H3. The summed E-state index contributed by atoms with van der Waals surface area (Å²) in [5, 5.41) is 12.0. The first kappa shape index (κ1) is 41.2. The first-order chi connectivity index (χ1) is 32.6. The van der Waals surface area contributed by atoms with Gasteiger partial charge in [-0.25, -0.2) is 0 Å². The van der Waals surface area contributed by atoms with Crippen LogP contribution in [0.3, 0.4) is 0 Å². The van der Waals surface area contributed by atoms with Gasteiger partial charge in [0.2, 0.25) is 7.28 Å². The second-order valence-corrected chi connectivity index (χ2v) is 23.2. The molecule has 0 saturated carbocycles. The molecule has 0 amide bonds. The Hall–Kier alpha value is -7.02. The van der Waals surface area contributed by atoms with Crippen molar-refractivity contribution in [2.75, 3.05) is 5.32 Å². The van der Waals surface area contributed by atoms with Gasteiger partial charge in [-0.05, 0) is 114 Å². The largest absolute Gasteiger partial charge is 0.456 e. The van der Waals surface area contributed by atoms with Gasteiger partial charge in [-0.2, -0.15) is 0 Å². The first-order valence-corrected chi connectivity index (χ1v) is 24.7. The number of aromatic nitrogens is 1. The fourth-order valence-electron chi connectivity index (χ4n) is 10.8. The number of benzene rings is 8. The average Bonchev–Trinajstić information content (AvgIpc) is 4.07. The molecule has 0 bridgehead atoms. The summed E-state index contributed by atoms with van der Waals surface area (Å²) in [6.07, 6.45) is 0. The van der Waals surface area contributed by atoms with Crippen LogP contribution in [0.15, 0.2) is 154 Å². The van der Waals surface area contributed by atoms with Gasteiger partial charge in [0.1, 0.15) is 22.3 Å². The van der Waals surface area contributed by atoms with E-state index in [1.165, 1.54) is 64.7 Å². The van der Waals surface area contributed by atoms with E-state index >= 15 is 0 Å². The maximum atomic E-state index is 7.26. The highest BCUT2D eigenvalue weighted by atomic mass is 32.1. The van der Waals surface area contributed by atoms with Crippen LogP contribution >= 0.6 is 11.3 Å². The van der Waals surface area contributed by atoms with Crippen molar-refractivity contribution in [3.8, 4) is 27.9 Å². The van der Waals surface area contributed by atoms with E-state index in [4.69, 9.17) is 8.83 Å². The van der Waals surface area contributed by atoms with Gasteiger partial charge in [0, 0.05) is 54.3 Å². The minimum atomic E-state index is -0.0580. The predicted molar refractivity (Wildman–Crippen MR) is 292 cm³/mol. The van der Waals surface area contributed by atoms with Crippen LogP contribution in [-0.2, 0) is 16.2 Å². The van der Waals surface area contributed by atoms with Crippen LogP contribution in [0.2, 0.25) is 0 Å². The van der Waals surface area contributed by atoms with Crippen molar-refractivity contribution >= 4 is 116 Å². The van der Waals surface area contributed by atoms with E-state index in [1.807, 2.05) is 11.3 Å². The summed E-state index contributed by atoms with van der Waals surface area (Å²) >= 11 is 1.87. The van der Waals surface area contributed by atoms with E-state index in [9.17, 15) is 0 Å². The van der Waals surface area contributed by atoms with Crippen molar-refractivity contribution in [2.45, 2.75) is 78.6 Å². The molecule has 1 aliphatic rings. The van der Waals surface area contributed by atoms with Gasteiger partial charge in [0.05, 0.1) is 27.8 Å². The third-order valence-corrected chi connectivity index (χ3v) is 15.6. The fourth-order valence-corrected chi connectivity index (χ4v) is 11.9. The topological polar surface area (TPSA) is 43.2 Å². The molecule has 4 nitrogen and oxygen atoms in total. The SMILES string of the molecule is CC(C)(C)c1ccc(Nc2cc3oc4cc(C(C)(C)C)ccc4c3cc2-c2c3c4c(c5cc(C(C)(C)C)ccc5n4-c4c(sc5ccc(-c6ccccc6)cc45)[B]3)c3oc4ccccc4c23)cc1. The minimum Gasteiger partial charge on any atom is -0.456 e. The van der Waals surface area contributed by atoms with Gasteiger partial charge in [-0.1, -0.05) is 147 Å². The van der Waals surface area contributed by atoms with E-state index in [-0.39, 0.29) is 16.2 Å². The van der Waals surface area contributed by atoms with Crippen molar-refractivity contribution < 1.29 is 8.83 Å². The molecule has 6 heteroatoms. The molecule has 0 saturated heterocycles. The van der Waals surface area contributed by atoms with Gasteiger partial charge in [0.15, 0.2) is 0 Å². The van der Waals surface area contributed by atoms with E-state index < -0.39 is 0 Å². The van der Waals surface area contributed by atoms with E-state index in [1.54, 1.807) is 0 Å². The molecule has 5 heterocycles. The summed E-state index contributed by atoms with van der Waals surface area (Å²) in [5.74, 6) is 0. The molecule has 68 heavy (non-hydrogen) atoms. The van der Waals surface area contributed by atoms with Crippen LogP contribution in [0.5, 0.6) is 0 Å². The molecule has 1 radical (unpaired) electrons. The van der Waals surface area contributed by atoms with Crippen LogP contribution in [0, 0.1) is 0 Å². The Kier molecular flexibility index (Phi) is 8.64. The Balaban J connectivity index is 1.18. The number of fused-ring (bicyclic) bond motifs is 14. The van der Waals surface area contributed by atoms with Crippen molar-refractivity contribution in [1.82, 2.24) is 4.57 Å². The van der Waals surface area contributed by atoms with Gasteiger partial charge in [-0.15, -0.1) is 11.3 Å². The van der Waals surface area contributed by atoms with Gasteiger partial charge >= 0.3 is 0 Å². The lowest BCUT2D eigenvalue weighted by molar-refractivity contribution is 0.587. The quantitative estimate of drug-likeness (QED) is 0.179. The second kappa shape index (κ2) is 14.3. The number of furan rings is 2. The zero-order valence-corrected chi connectivity index (χ0v) is 40.9. The van der Waals surface area contributed by atoms with Crippen LogP contribution in [0.4, 0.5) is 11.4 Å². The lowest BCUT2D eigenvalue weighted by Crippen LogP contribution is -2.35. The van der Waals surface area contributed by atoms with Crippen LogP contribution < -0.4 is 15.6 Å². The molecule has 331 valence electrons. The summed E-state index contributed by atoms with van der Waals surface area (Å²) in [7, 11) is 2.49. The molecule has 8 aromatic carbocycles. The number of para-hydroxylation sites is 1. The smallest absolute Gasteiger partial charge is 0.211 e. The van der Waals surface area contributed by atoms with Gasteiger partial charge in [0.25, 0.3) is 0 Å². The number of hydrogen-bond donors (Lipinski definition) is 1. The summed E-state index contributed by atoms with van der Waals surface area (Å²) < 4.78 is 19.2. The number of anilines is 2. The minimum absolute atomic E-state index is 0.0211. The van der Waals surface area contributed by atoms with Gasteiger partial charge < -0.3 is 18.7 Å². The van der Waals surface area contributed by atoms with Crippen molar-refractivity contribution in [1.29, 1.82) is 0 Å². The molecule has 0 spiro atoms. The normalized spacial score (nSPS) is 13.2. The number of hydrogen-bond acceptors (Lipinski definition) is 4. The lowest BCUT2D eigenvalue weighted by Gasteiger charge is -2.23. The monoisotopic (exact) mass is 899 g/mol. The third-order valence-electron chi connectivity index (χ3n) is 14.5. The van der Waals surface area contributed by atoms with Crippen LogP contribution in [0.25, 0.3) is 104 Å². The highest BCUT2D eigenvalue weighted by molar-refractivity contribution is 7.29. The van der Waals surface area contributed by atoms with Crippen molar-refractivity contribution in [3.05, 3.63) is 162 Å². The molecule has 0 aliphatic carbocycles. The molecule has 4 aromatic heterocycles. The molecule has 1 aliphatic heterocycles. The Morgan fingerprint density at radius 1 is 0.515 bits per heavy atom. The number of thiophene rings is 1. The van der Waals surface area contributed by atoms with Crippen LogP contribution in [0.1, 0.15) is 79.0 Å². The number of rotatable bonds is 4. The molecule has 0 fully saturated rings. The Labute approximate surface area is 401 Å². The summed E-state index contributed by atoms with van der Waals surface area (Å²) in [6, 6.07) is 53.7. The number of nitrogens with zero attached hydrogens (tertiary/aromatic N) is 1. The van der Waals surface area contributed by atoms with Crippen molar-refractivity contribution in [2.24, 2.45) is 0 Å². The Morgan fingerprint density at radius 3 is 1.97 bits per heavy atom. The van der Waals surface area contributed by atoms with E-state index in [0.29, 0.717) is 0 Å². The van der Waals surface area contributed by atoms with Crippen molar-refractivity contribution in [3.63, 3.8) is 0 Å². The van der Waals surface area contributed by atoms with E-state index in [2.05, 4.69) is 225 Å². The molecular formula is C62H52BN2O2S. The van der Waals surface area contributed by atoms with Crippen LogP contribution in [-0.4, -0.2) is 11.8 Å². The Bertz CT molecular complexity index is 4070.